The molecule has 0 unspecified atom stereocenters. The number of carboxylic acid groups (broad SMARTS) is 1. The van der Waals surface area contributed by atoms with E-state index in [1.54, 1.807) is 47.9 Å². The van der Waals surface area contributed by atoms with E-state index in [2.05, 4.69) is 15.3 Å². The number of anilines is 1. The fourth-order valence-corrected chi connectivity index (χ4v) is 5.36. The third-order valence-electron chi connectivity index (χ3n) is 7.30. The third kappa shape index (κ3) is 5.55. The lowest BCUT2D eigenvalue weighted by atomic mass is 9.90. The Bertz CT molecular complexity index is 1800. The molecule has 1 amide bonds. The average Bonchev–Trinajstić information content (AvgIpc) is 3.72. The maximum Gasteiger partial charge on any atom is 0.314 e. The monoisotopic (exact) mass is 614 g/mol. The minimum atomic E-state index is -1.69. The molecule has 0 saturated carbocycles. The lowest BCUT2D eigenvalue weighted by molar-refractivity contribution is -0.288. The number of benzene rings is 2. The van der Waals surface area contributed by atoms with Gasteiger partial charge in [0.05, 0.1) is 36.8 Å². The summed E-state index contributed by atoms with van der Waals surface area (Å²) in [6, 6.07) is 17.8. The first-order valence-corrected chi connectivity index (χ1v) is 14.4. The topological polar surface area (TPSA) is 165 Å². The Morgan fingerprint density at radius 1 is 1.07 bits per heavy atom. The predicted molar refractivity (Wildman–Crippen MR) is 160 cm³/mol. The second-order valence-corrected chi connectivity index (χ2v) is 11.5. The molecule has 1 saturated heterocycles. The van der Waals surface area contributed by atoms with Crippen LogP contribution in [-0.2, 0) is 26.6 Å². The minimum absolute atomic E-state index is 0.192. The zero-order valence-corrected chi connectivity index (χ0v) is 24.2. The molecule has 224 valence electrons. The van der Waals surface area contributed by atoms with Crippen LogP contribution in [0.5, 0.6) is 0 Å². The molecule has 5 aromatic rings. The van der Waals surface area contributed by atoms with Gasteiger partial charge in [-0.05, 0) is 60.8 Å². The van der Waals surface area contributed by atoms with Gasteiger partial charge in [0.25, 0.3) is 5.79 Å². The Labute approximate surface area is 254 Å². The molecule has 0 radical (unpaired) electrons. The highest BCUT2D eigenvalue weighted by molar-refractivity contribution is 7.09. The van der Waals surface area contributed by atoms with Crippen LogP contribution < -0.4 is 11.1 Å². The molecular weight excluding hydrogens is 587 g/mol. The van der Waals surface area contributed by atoms with Crippen LogP contribution in [-0.4, -0.2) is 50.1 Å². The van der Waals surface area contributed by atoms with E-state index in [1.807, 2.05) is 17.5 Å². The number of carbonyl (C=O) groups is 2. The molecule has 2 aromatic carbocycles. The highest BCUT2D eigenvalue weighted by Gasteiger charge is 2.51. The molecule has 13 heteroatoms. The molecule has 1 aliphatic heterocycles. The number of nitrogens with two attached hydrogens (primary N) is 1. The van der Waals surface area contributed by atoms with Crippen molar-refractivity contribution in [2.75, 3.05) is 18.5 Å². The summed E-state index contributed by atoms with van der Waals surface area (Å²) < 4.78 is 26.4. The van der Waals surface area contributed by atoms with Crippen molar-refractivity contribution in [3.05, 3.63) is 106 Å². The van der Waals surface area contributed by atoms with E-state index in [4.69, 9.17) is 25.2 Å². The first-order chi connectivity index (χ1) is 21.2. The number of halogens is 1. The normalized spacial score (nSPS) is 19.9. The van der Waals surface area contributed by atoms with Gasteiger partial charge in [0.2, 0.25) is 11.9 Å². The summed E-state index contributed by atoms with van der Waals surface area (Å²) in [4.78, 5) is 42.1. The molecule has 1 fully saturated rings. The van der Waals surface area contributed by atoms with Gasteiger partial charge < -0.3 is 30.6 Å². The summed E-state index contributed by atoms with van der Waals surface area (Å²) in [6.07, 6.45) is 1.61. The highest BCUT2D eigenvalue weighted by Crippen LogP contribution is 2.43. The van der Waals surface area contributed by atoms with Gasteiger partial charge in [-0.1, -0.05) is 18.2 Å². The van der Waals surface area contributed by atoms with Crippen molar-refractivity contribution in [1.82, 2.24) is 19.9 Å². The quantitative estimate of drug-likeness (QED) is 0.183. The van der Waals surface area contributed by atoms with E-state index in [0.717, 1.165) is 4.88 Å². The predicted octanol–water partition coefficient (Wildman–Crippen LogP) is 4.78. The van der Waals surface area contributed by atoms with Crippen LogP contribution in [0.4, 0.5) is 10.3 Å². The van der Waals surface area contributed by atoms with E-state index in [1.165, 1.54) is 31.2 Å². The van der Waals surface area contributed by atoms with Crippen molar-refractivity contribution in [2.45, 2.75) is 19.3 Å². The number of hydrogen-bond acceptors (Lipinski definition) is 9. The van der Waals surface area contributed by atoms with Gasteiger partial charge in [-0.2, -0.15) is 0 Å². The van der Waals surface area contributed by atoms with Crippen LogP contribution in [0.1, 0.15) is 33.5 Å². The number of thiophene rings is 1. The van der Waals surface area contributed by atoms with Gasteiger partial charge in [0.15, 0.2) is 5.82 Å². The van der Waals surface area contributed by atoms with Crippen molar-refractivity contribution in [1.29, 1.82) is 0 Å². The maximum absolute atomic E-state index is 13.9. The lowest BCUT2D eigenvalue weighted by Gasteiger charge is -2.42. The van der Waals surface area contributed by atoms with Crippen LogP contribution >= 0.6 is 11.3 Å². The molecule has 0 spiro atoms. The lowest BCUT2D eigenvalue weighted by Crippen LogP contribution is -2.51. The van der Waals surface area contributed by atoms with Crippen molar-refractivity contribution in [3.8, 4) is 22.6 Å². The second kappa shape index (κ2) is 11.6. The standard InChI is InChI=1S/C31H27FN6O5S/c1-30(28(40)41)16-42-31(43-17-30,20-8-4-19(5-9-20)26(33)39)27-37-24(18-6-10-21(32)11-7-18)25(38-27)23-12-13-34-29(36-23)35-15-22-3-2-14-44-22/h2-14H,15-17H2,1H3,(H2,33,39)(H,37,38)(H,40,41)(H,34,35,36). The Hall–Kier alpha value is -4.98. The van der Waals surface area contributed by atoms with Crippen molar-refractivity contribution < 1.29 is 28.6 Å². The summed E-state index contributed by atoms with van der Waals surface area (Å²) in [5, 5.41) is 15.0. The summed E-state index contributed by atoms with van der Waals surface area (Å²) in [5.74, 6) is -3.21. The Morgan fingerprint density at radius 2 is 1.80 bits per heavy atom. The van der Waals surface area contributed by atoms with Gasteiger partial charge >= 0.3 is 5.97 Å². The SMILES string of the molecule is CC1(C(=O)O)COC(c2ccc(C(N)=O)cc2)(c2nc(-c3ccc(F)cc3)c(-c3ccnc(NCc4cccs4)n3)[nH]2)OC1. The van der Waals surface area contributed by atoms with E-state index in [9.17, 15) is 19.1 Å². The molecule has 3 aromatic heterocycles. The van der Waals surface area contributed by atoms with Crippen LogP contribution in [0.15, 0.2) is 78.3 Å². The van der Waals surface area contributed by atoms with Crippen molar-refractivity contribution in [2.24, 2.45) is 11.1 Å². The van der Waals surface area contributed by atoms with E-state index < -0.39 is 28.9 Å². The van der Waals surface area contributed by atoms with Crippen LogP contribution in [0, 0.1) is 11.2 Å². The van der Waals surface area contributed by atoms with Crippen molar-refractivity contribution >= 4 is 29.2 Å². The number of carbonyl (C=O) groups excluding carboxylic acids is 1. The van der Waals surface area contributed by atoms with Gasteiger partial charge in [-0.15, -0.1) is 11.3 Å². The van der Waals surface area contributed by atoms with E-state index in [-0.39, 0.29) is 24.6 Å². The Balaban J connectivity index is 1.47. The van der Waals surface area contributed by atoms with Crippen LogP contribution in [0.3, 0.4) is 0 Å². The number of carboxylic acids is 1. The zero-order chi connectivity index (χ0) is 30.9. The first kappa shape index (κ1) is 29.1. The second-order valence-electron chi connectivity index (χ2n) is 10.5. The summed E-state index contributed by atoms with van der Waals surface area (Å²) >= 11 is 1.61. The highest BCUT2D eigenvalue weighted by atomic mass is 32.1. The Morgan fingerprint density at radius 3 is 2.43 bits per heavy atom. The Kier molecular flexibility index (Phi) is 7.67. The number of nitrogens with zero attached hydrogens (tertiary/aromatic N) is 3. The number of amides is 1. The zero-order valence-electron chi connectivity index (χ0n) is 23.4. The maximum atomic E-state index is 13.9. The number of ether oxygens (including phenoxy) is 2. The molecule has 11 nitrogen and oxygen atoms in total. The van der Waals surface area contributed by atoms with E-state index >= 15 is 0 Å². The smallest absolute Gasteiger partial charge is 0.314 e. The number of nitrogens with one attached hydrogen (secondary N) is 2. The van der Waals surface area contributed by atoms with Gasteiger partial charge in [0.1, 0.15) is 11.2 Å². The number of imidazole rings is 1. The van der Waals surface area contributed by atoms with Gasteiger partial charge in [-0.25, -0.2) is 19.3 Å². The number of rotatable bonds is 9. The number of H-pyrrole nitrogens is 1. The number of aromatic nitrogens is 4. The molecular formula is C31H27FN6O5S. The fourth-order valence-electron chi connectivity index (χ4n) is 4.72. The van der Waals surface area contributed by atoms with Crippen molar-refractivity contribution in [3.63, 3.8) is 0 Å². The van der Waals surface area contributed by atoms with Gasteiger partial charge in [-0.3, -0.25) is 9.59 Å². The molecule has 0 aliphatic carbocycles. The molecule has 4 heterocycles. The van der Waals surface area contributed by atoms with Gasteiger partial charge in [0, 0.05) is 27.8 Å². The summed E-state index contributed by atoms with van der Waals surface area (Å²) in [5.41, 5.74) is 6.81. The number of hydrogen-bond donors (Lipinski definition) is 4. The molecule has 5 N–H and O–H groups in total. The molecule has 1 aliphatic rings. The minimum Gasteiger partial charge on any atom is -0.481 e. The van der Waals surface area contributed by atoms with Crippen LogP contribution in [0.25, 0.3) is 22.6 Å². The number of primary amides is 1. The molecule has 44 heavy (non-hydrogen) atoms. The average molecular weight is 615 g/mol. The summed E-state index contributed by atoms with van der Waals surface area (Å²) in [7, 11) is 0. The number of aliphatic carboxylic acids is 1. The summed E-state index contributed by atoms with van der Waals surface area (Å²) in [6.45, 7) is 1.66. The van der Waals surface area contributed by atoms with E-state index in [0.29, 0.717) is 40.7 Å². The van der Waals surface area contributed by atoms with Crippen LogP contribution in [0.2, 0.25) is 0 Å². The number of aromatic amines is 1. The molecule has 0 bridgehead atoms. The third-order valence-corrected chi connectivity index (χ3v) is 8.18. The largest absolute Gasteiger partial charge is 0.481 e. The first-order valence-electron chi connectivity index (χ1n) is 13.5. The molecule has 6 rings (SSSR count). The fraction of sp³-hybridized carbons (Fsp3) is 0.194. The molecule has 0 atom stereocenters.